The topological polar surface area (TPSA) is 30.0 Å². The van der Waals surface area contributed by atoms with Gasteiger partial charge in [0.1, 0.15) is 0 Å². The van der Waals surface area contributed by atoms with Gasteiger partial charge in [0.15, 0.2) is 6.29 Å². The number of aryl methyl sites for hydroxylation is 1. The largest absolute Gasteiger partial charge is 0.298 e. The zero-order valence-corrected chi connectivity index (χ0v) is 6.21. The molecule has 1 aromatic heterocycles. The van der Waals surface area contributed by atoms with Gasteiger partial charge in [0.2, 0.25) is 0 Å². The van der Waals surface area contributed by atoms with Crippen LogP contribution >= 0.6 is 0 Å². The van der Waals surface area contributed by atoms with E-state index in [-0.39, 0.29) is 0 Å². The Hall–Kier alpha value is -1.18. The van der Waals surface area contributed by atoms with Crippen LogP contribution in [0.4, 0.5) is 0 Å². The van der Waals surface area contributed by atoms with E-state index in [9.17, 15) is 4.79 Å². The molecule has 11 heavy (non-hydrogen) atoms. The molecule has 0 N–H and O–H groups in total. The fourth-order valence-corrected chi connectivity index (χ4v) is 1.63. The number of nitrogens with zero attached hydrogens (tertiary/aromatic N) is 1. The molecule has 0 saturated carbocycles. The first-order chi connectivity index (χ1) is 5.42. The molecule has 2 nitrogen and oxygen atoms in total. The summed E-state index contributed by atoms with van der Waals surface area (Å²) in [7, 11) is 0. The Morgan fingerprint density at radius 1 is 1.36 bits per heavy atom. The number of pyridine rings is 1. The van der Waals surface area contributed by atoms with E-state index >= 15 is 0 Å². The molecular formula is C9H9NO. The van der Waals surface area contributed by atoms with Gasteiger partial charge in [-0.15, -0.1) is 0 Å². The summed E-state index contributed by atoms with van der Waals surface area (Å²) in [5.41, 5.74) is 3.25. The van der Waals surface area contributed by atoms with Crippen molar-refractivity contribution < 1.29 is 4.79 Å². The van der Waals surface area contributed by atoms with E-state index < -0.39 is 0 Å². The molecule has 0 radical (unpaired) electrons. The molecule has 0 fully saturated rings. The zero-order valence-electron chi connectivity index (χ0n) is 6.21. The highest BCUT2D eigenvalue weighted by Crippen LogP contribution is 2.22. The van der Waals surface area contributed by atoms with Gasteiger partial charge in [-0.2, -0.15) is 0 Å². The predicted molar refractivity (Wildman–Crippen MR) is 41.6 cm³/mol. The lowest BCUT2D eigenvalue weighted by atomic mass is 10.1. The second kappa shape index (κ2) is 2.46. The monoisotopic (exact) mass is 147 g/mol. The van der Waals surface area contributed by atoms with Crippen LogP contribution in [-0.2, 0) is 12.8 Å². The van der Waals surface area contributed by atoms with Crippen molar-refractivity contribution in [3.8, 4) is 0 Å². The van der Waals surface area contributed by atoms with E-state index in [0.29, 0.717) is 0 Å². The Kier molecular flexibility index (Phi) is 1.46. The number of carbonyl (C=O) groups is 1. The van der Waals surface area contributed by atoms with Gasteiger partial charge in [0, 0.05) is 18.0 Å². The lowest BCUT2D eigenvalue weighted by molar-refractivity contribution is 0.112. The Labute approximate surface area is 65.3 Å². The average Bonchev–Trinajstić information content (AvgIpc) is 2.50. The van der Waals surface area contributed by atoms with Crippen LogP contribution in [0.2, 0.25) is 0 Å². The summed E-state index contributed by atoms with van der Waals surface area (Å²) in [5, 5.41) is 0. The average molecular weight is 147 g/mol. The summed E-state index contributed by atoms with van der Waals surface area (Å²) in [6.07, 6.45) is 7.72. The Balaban J connectivity index is 2.58. The van der Waals surface area contributed by atoms with Crippen LogP contribution in [0.5, 0.6) is 0 Å². The minimum atomic E-state index is 0.778. The first-order valence-electron chi connectivity index (χ1n) is 3.83. The highest BCUT2D eigenvalue weighted by molar-refractivity contribution is 5.77. The van der Waals surface area contributed by atoms with Gasteiger partial charge in [-0.1, -0.05) is 0 Å². The molecule has 1 aliphatic rings. The summed E-state index contributed by atoms with van der Waals surface area (Å²) in [6.45, 7) is 0. The van der Waals surface area contributed by atoms with Crippen LogP contribution in [0.1, 0.15) is 27.9 Å². The van der Waals surface area contributed by atoms with Gasteiger partial charge in [0.25, 0.3) is 0 Å². The third-order valence-electron chi connectivity index (χ3n) is 2.18. The van der Waals surface area contributed by atoms with E-state index in [1.165, 1.54) is 17.5 Å². The maximum atomic E-state index is 10.5. The summed E-state index contributed by atoms with van der Waals surface area (Å²) in [5.74, 6) is 0. The molecule has 0 bridgehead atoms. The first kappa shape index (κ1) is 6.53. The molecule has 0 saturated heterocycles. The van der Waals surface area contributed by atoms with Gasteiger partial charge in [-0.25, -0.2) is 0 Å². The molecule has 1 aliphatic carbocycles. The Morgan fingerprint density at radius 2 is 2.27 bits per heavy atom. The van der Waals surface area contributed by atoms with Crippen LogP contribution in [0, 0.1) is 0 Å². The molecule has 0 atom stereocenters. The first-order valence-corrected chi connectivity index (χ1v) is 3.83. The van der Waals surface area contributed by atoms with E-state index in [2.05, 4.69) is 4.98 Å². The van der Waals surface area contributed by atoms with E-state index in [1.807, 2.05) is 6.20 Å². The Morgan fingerprint density at radius 3 is 3.09 bits per heavy atom. The number of rotatable bonds is 1. The van der Waals surface area contributed by atoms with E-state index in [0.717, 1.165) is 24.7 Å². The quantitative estimate of drug-likeness (QED) is 0.562. The van der Waals surface area contributed by atoms with Crippen molar-refractivity contribution in [3.05, 3.63) is 29.1 Å². The molecule has 1 heterocycles. The summed E-state index contributed by atoms with van der Waals surface area (Å²) in [4.78, 5) is 14.5. The molecule has 2 heteroatoms. The highest BCUT2D eigenvalue weighted by Gasteiger charge is 2.13. The molecule has 2 rings (SSSR count). The van der Waals surface area contributed by atoms with Gasteiger partial charge in [-0.05, 0) is 30.4 Å². The zero-order chi connectivity index (χ0) is 7.68. The maximum absolute atomic E-state index is 10.5. The summed E-state index contributed by atoms with van der Waals surface area (Å²) < 4.78 is 0. The Bertz CT molecular complexity index is 294. The number of aldehydes is 1. The summed E-state index contributed by atoms with van der Waals surface area (Å²) >= 11 is 0. The second-order valence-electron chi connectivity index (χ2n) is 2.84. The summed E-state index contributed by atoms with van der Waals surface area (Å²) in [6, 6.07) is 0. The standard InChI is InChI=1S/C9H9NO/c11-6-8-5-10-4-7-2-1-3-9(7)8/h4-6H,1-3H2. The number of hydrogen-bond acceptors (Lipinski definition) is 2. The minimum absolute atomic E-state index is 0.778. The third-order valence-corrected chi connectivity index (χ3v) is 2.18. The normalized spacial score (nSPS) is 14.5. The van der Waals surface area contributed by atoms with Crippen LogP contribution in [0.15, 0.2) is 12.4 Å². The second-order valence-corrected chi connectivity index (χ2v) is 2.84. The minimum Gasteiger partial charge on any atom is -0.298 e. The van der Waals surface area contributed by atoms with Crippen molar-refractivity contribution in [3.63, 3.8) is 0 Å². The molecule has 0 unspecified atom stereocenters. The highest BCUT2D eigenvalue weighted by atomic mass is 16.1. The van der Waals surface area contributed by atoms with Crippen LogP contribution in [0.25, 0.3) is 0 Å². The lowest BCUT2D eigenvalue weighted by Crippen LogP contribution is -1.92. The van der Waals surface area contributed by atoms with Gasteiger partial charge >= 0.3 is 0 Å². The SMILES string of the molecule is O=Cc1cncc2c1CCC2. The molecule has 0 aromatic carbocycles. The molecular weight excluding hydrogens is 138 g/mol. The molecule has 0 amide bonds. The maximum Gasteiger partial charge on any atom is 0.151 e. The van der Waals surface area contributed by atoms with E-state index in [1.54, 1.807) is 6.20 Å². The lowest BCUT2D eigenvalue weighted by Gasteiger charge is -1.98. The number of carbonyl (C=O) groups excluding carboxylic acids is 1. The van der Waals surface area contributed by atoms with Crippen molar-refractivity contribution in [1.82, 2.24) is 4.98 Å². The fourth-order valence-electron chi connectivity index (χ4n) is 1.63. The number of aromatic nitrogens is 1. The van der Waals surface area contributed by atoms with Crippen LogP contribution < -0.4 is 0 Å². The smallest absolute Gasteiger partial charge is 0.151 e. The molecule has 0 aliphatic heterocycles. The van der Waals surface area contributed by atoms with Crippen molar-refractivity contribution in [2.24, 2.45) is 0 Å². The van der Waals surface area contributed by atoms with Crippen LogP contribution in [0.3, 0.4) is 0 Å². The third kappa shape index (κ3) is 0.946. The number of fused-ring (bicyclic) bond motifs is 1. The molecule has 1 aromatic rings. The van der Waals surface area contributed by atoms with Crippen molar-refractivity contribution in [1.29, 1.82) is 0 Å². The van der Waals surface area contributed by atoms with Gasteiger partial charge in [-0.3, -0.25) is 9.78 Å². The van der Waals surface area contributed by atoms with Gasteiger partial charge in [0.05, 0.1) is 0 Å². The number of hydrogen-bond donors (Lipinski definition) is 0. The van der Waals surface area contributed by atoms with E-state index in [4.69, 9.17) is 0 Å². The molecule has 56 valence electrons. The van der Waals surface area contributed by atoms with Crippen molar-refractivity contribution in [2.75, 3.05) is 0 Å². The van der Waals surface area contributed by atoms with Gasteiger partial charge < -0.3 is 0 Å². The molecule has 0 spiro atoms. The van der Waals surface area contributed by atoms with Crippen molar-refractivity contribution in [2.45, 2.75) is 19.3 Å². The van der Waals surface area contributed by atoms with Crippen LogP contribution in [-0.4, -0.2) is 11.3 Å². The van der Waals surface area contributed by atoms with Crippen molar-refractivity contribution >= 4 is 6.29 Å². The predicted octanol–water partition coefficient (Wildman–Crippen LogP) is 1.38. The fraction of sp³-hybridized carbons (Fsp3) is 0.333.